The van der Waals surface area contributed by atoms with Gasteiger partial charge < -0.3 is 10.6 Å². The van der Waals surface area contributed by atoms with E-state index >= 15 is 0 Å². The highest BCUT2D eigenvalue weighted by Gasteiger charge is 2.12. The molecular weight excluding hydrogens is 271 g/mol. The Kier molecular flexibility index (Phi) is 4.18. The molecule has 2 nitrogen and oxygen atoms in total. The molecule has 1 aromatic rings. The number of nitrogens with one attached hydrogen (secondary N) is 2. The molecule has 0 amide bonds. The fourth-order valence-electron chi connectivity index (χ4n) is 1.97. The topological polar surface area (TPSA) is 24.1 Å². The predicted molar refractivity (Wildman–Crippen MR) is 68.2 cm³/mol. The van der Waals surface area contributed by atoms with Crippen LogP contribution in [0.25, 0.3) is 0 Å². The largest absolute Gasteiger partial charge is 0.385 e. The molecule has 1 atom stereocenters. The quantitative estimate of drug-likeness (QED) is 0.893. The molecule has 1 aromatic carbocycles. The zero-order valence-corrected chi connectivity index (χ0v) is 10.7. The van der Waals surface area contributed by atoms with Gasteiger partial charge in [0.1, 0.15) is 5.82 Å². The fraction of sp³-hybridized carbons (Fsp3) is 0.500. The van der Waals surface area contributed by atoms with Crippen LogP contribution in [-0.2, 0) is 0 Å². The number of hydrogen-bond donors (Lipinski definition) is 2. The van der Waals surface area contributed by atoms with Crippen LogP contribution in [0.15, 0.2) is 22.7 Å². The second-order valence-corrected chi connectivity index (χ2v) is 5.08. The highest BCUT2D eigenvalue weighted by atomic mass is 79.9. The summed E-state index contributed by atoms with van der Waals surface area (Å²) in [5.74, 6) is 0.437. The summed E-state index contributed by atoms with van der Waals surface area (Å²) in [4.78, 5) is 0. The van der Waals surface area contributed by atoms with Crippen LogP contribution in [0.5, 0.6) is 0 Å². The van der Waals surface area contributed by atoms with E-state index in [0.29, 0.717) is 10.4 Å². The zero-order valence-electron chi connectivity index (χ0n) is 9.10. The van der Waals surface area contributed by atoms with Crippen molar-refractivity contribution in [2.24, 2.45) is 5.92 Å². The summed E-state index contributed by atoms with van der Waals surface area (Å²) in [5, 5.41) is 6.65. The number of halogens is 2. The van der Waals surface area contributed by atoms with Crippen LogP contribution in [-0.4, -0.2) is 19.6 Å². The van der Waals surface area contributed by atoms with Gasteiger partial charge in [0, 0.05) is 12.2 Å². The Hall–Kier alpha value is -0.610. The summed E-state index contributed by atoms with van der Waals surface area (Å²) >= 11 is 3.14. The molecule has 0 bridgehead atoms. The average Bonchev–Trinajstić information content (AvgIpc) is 2.32. The van der Waals surface area contributed by atoms with Crippen molar-refractivity contribution >= 4 is 21.6 Å². The minimum atomic E-state index is -0.216. The third kappa shape index (κ3) is 3.19. The Labute approximate surface area is 104 Å². The molecule has 4 heteroatoms. The Morgan fingerprint density at radius 2 is 2.38 bits per heavy atom. The van der Waals surface area contributed by atoms with Crippen LogP contribution in [0.4, 0.5) is 10.1 Å². The molecule has 0 radical (unpaired) electrons. The molecular formula is C12H16BrFN2. The molecule has 1 fully saturated rings. The van der Waals surface area contributed by atoms with Gasteiger partial charge in [0.05, 0.1) is 4.47 Å². The normalized spacial score (nSPS) is 20.8. The highest BCUT2D eigenvalue weighted by molar-refractivity contribution is 9.10. The lowest BCUT2D eigenvalue weighted by molar-refractivity contribution is 0.393. The lowest BCUT2D eigenvalue weighted by Crippen LogP contribution is -2.33. The second kappa shape index (κ2) is 5.64. The van der Waals surface area contributed by atoms with Gasteiger partial charge in [0.25, 0.3) is 0 Å². The minimum Gasteiger partial charge on any atom is -0.385 e. The molecule has 88 valence electrons. The first-order valence-electron chi connectivity index (χ1n) is 5.65. The third-order valence-corrected chi connectivity index (χ3v) is 3.56. The van der Waals surface area contributed by atoms with Crippen LogP contribution >= 0.6 is 15.9 Å². The predicted octanol–water partition coefficient (Wildman–Crippen LogP) is 3.00. The summed E-state index contributed by atoms with van der Waals surface area (Å²) in [7, 11) is 0. The molecule has 0 aliphatic carbocycles. The average molecular weight is 287 g/mol. The summed E-state index contributed by atoms with van der Waals surface area (Å²) in [6.07, 6.45) is 2.49. The van der Waals surface area contributed by atoms with Crippen LogP contribution < -0.4 is 10.6 Å². The van der Waals surface area contributed by atoms with E-state index in [0.717, 1.165) is 25.3 Å². The molecule has 1 unspecified atom stereocenters. The maximum atomic E-state index is 13.2. The number of anilines is 1. The molecule has 0 aromatic heterocycles. The van der Waals surface area contributed by atoms with Gasteiger partial charge in [0.15, 0.2) is 0 Å². The van der Waals surface area contributed by atoms with E-state index in [4.69, 9.17) is 0 Å². The van der Waals surface area contributed by atoms with E-state index in [2.05, 4.69) is 26.6 Å². The summed E-state index contributed by atoms with van der Waals surface area (Å²) in [6, 6.07) is 5.15. The van der Waals surface area contributed by atoms with E-state index in [1.54, 1.807) is 6.07 Å². The van der Waals surface area contributed by atoms with Crippen molar-refractivity contribution in [3.63, 3.8) is 0 Å². The molecule has 0 saturated carbocycles. The van der Waals surface area contributed by atoms with Crippen LogP contribution in [0, 0.1) is 11.7 Å². The van der Waals surface area contributed by atoms with Crippen molar-refractivity contribution < 1.29 is 4.39 Å². The van der Waals surface area contributed by atoms with Crippen molar-refractivity contribution in [3.05, 3.63) is 28.5 Å². The first-order chi connectivity index (χ1) is 7.75. The smallest absolute Gasteiger partial charge is 0.139 e. The number of hydrogen-bond acceptors (Lipinski definition) is 2. The standard InChI is InChI=1S/C12H16BrFN2/c13-11-4-3-10(6-12(11)14)16-8-9-2-1-5-15-7-9/h3-4,6,9,15-16H,1-2,5,7-8H2. The van der Waals surface area contributed by atoms with Crippen molar-refractivity contribution in [2.45, 2.75) is 12.8 Å². The zero-order chi connectivity index (χ0) is 11.4. The lowest BCUT2D eigenvalue weighted by atomic mass is 10.00. The van der Waals surface area contributed by atoms with Crippen LogP contribution in [0.3, 0.4) is 0 Å². The maximum Gasteiger partial charge on any atom is 0.139 e. The summed E-state index contributed by atoms with van der Waals surface area (Å²) in [5.41, 5.74) is 0.853. The minimum absolute atomic E-state index is 0.216. The van der Waals surface area contributed by atoms with Crippen molar-refractivity contribution in [3.8, 4) is 0 Å². The van der Waals surface area contributed by atoms with Gasteiger partial charge in [-0.3, -0.25) is 0 Å². The van der Waals surface area contributed by atoms with Crippen molar-refractivity contribution in [1.29, 1.82) is 0 Å². The molecule has 1 saturated heterocycles. The Morgan fingerprint density at radius 1 is 1.50 bits per heavy atom. The van der Waals surface area contributed by atoms with Gasteiger partial charge in [-0.1, -0.05) is 0 Å². The first kappa shape index (κ1) is 11.9. The van der Waals surface area contributed by atoms with Gasteiger partial charge in [-0.25, -0.2) is 4.39 Å². The molecule has 0 spiro atoms. The molecule has 1 aliphatic rings. The van der Waals surface area contributed by atoms with Gasteiger partial charge >= 0.3 is 0 Å². The van der Waals surface area contributed by atoms with Crippen molar-refractivity contribution in [2.75, 3.05) is 25.0 Å². The van der Waals surface area contributed by atoms with E-state index < -0.39 is 0 Å². The molecule has 16 heavy (non-hydrogen) atoms. The van der Waals surface area contributed by atoms with E-state index in [-0.39, 0.29) is 5.82 Å². The number of rotatable bonds is 3. The van der Waals surface area contributed by atoms with Gasteiger partial charge in [-0.15, -0.1) is 0 Å². The monoisotopic (exact) mass is 286 g/mol. The van der Waals surface area contributed by atoms with E-state index in [1.807, 2.05) is 6.07 Å². The summed E-state index contributed by atoms with van der Waals surface area (Å²) in [6.45, 7) is 3.10. The Balaban J connectivity index is 1.86. The maximum absolute atomic E-state index is 13.2. The van der Waals surface area contributed by atoms with Gasteiger partial charge in [-0.05, 0) is 66.0 Å². The van der Waals surface area contributed by atoms with Gasteiger partial charge in [0.2, 0.25) is 0 Å². The molecule has 2 rings (SSSR count). The Morgan fingerprint density at radius 3 is 3.06 bits per heavy atom. The molecule has 1 aliphatic heterocycles. The third-order valence-electron chi connectivity index (χ3n) is 2.91. The Bertz CT molecular complexity index is 351. The van der Waals surface area contributed by atoms with E-state index in [1.165, 1.54) is 18.9 Å². The molecule has 2 N–H and O–H groups in total. The number of benzene rings is 1. The van der Waals surface area contributed by atoms with Crippen LogP contribution in [0.2, 0.25) is 0 Å². The number of piperidine rings is 1. The fourth-order valence-corrected chi connectivity index (χ4v) is 2.21. The summed E-state index contributed by atoms with van der Waals surface area (Å²) < 4.78 is 13.8. The van der Waals surface area contributed by atoms with E-state index in [9.17, 15) is 4.39 Å². The molecule has 1 heterocycles. The second-order valence-electron chi connectivity index (χ2n) is 4.22. The van der Waals surface area contributed by atoms with Gasteiger partial charge in [-0.2, -0.15) is 0 Å². The van der Waals surface area contributed by atoms with Crippen molar-refractivity contribution in [1.82, 2.24) is 5.32 Å². The lowest BCUT2D eigenvalue weighted by Gasteiger charge is -2.23. The highest BCUT2D eigenvalue weighted by Crippen LogP contribution is 2.20. The SMILES string of the molecule is Fc1cc(NCC2CCCNC2)ccc1Br. The first-order valence-corrected chi connectivity index (χ1v) is 6.44. The van der Waals surface area contributed by atoms with Crippen LogP contribution in [0.1, 0.15) is 12.8 Å².